The van der Waals surface area contributed by atoms with Crippen LogP contribution in [0.5, 0.6) is 0 Å². The summed E-state index contributed by atoms with van der Waals surface area (Å²) in [7, 11) is -3.15. The van der Waals surface area contributed by atoms with Gasteiger partial charge < -0.3 is 9.84 Å². The quantitative estimate of drug-likeness (QED) is 0.537. The van der Waals surface area contributed by atoms with Gasteiger partial charge in [-0.1, -0.05) is 6.92 Å². The highest BCUT2D eigenvalue weighted by Crippen LogP contribution is 2.87. The lowest BCUT2D eigenvalue weighted by Crippen LogP contribution is -2.53. The summed E-state index contributed by atoms with van der Waals surface area (Å²) in [6, 6.07) is 0. The van der Waals surface area contributed by atoms with Crippen LogP contribution < -0.4 is 0 Å². The van der Waals surface area contributed by atoms with E-state index in [0.29, 0.717) is 74.4 Å². The fourth-order valence-corrected chi connectivity index (χ4v) is 11.7. The minimum Gasteiger partial charge on any atom is -0.387 e. The zero-order chi connectivity index (χ0) is 26.3. The number of piperazine rings is 1. The molecule has 0 radical (unpaired) electrons. The molecule has 1 saturated heterocycles. The first-order valence-electron chi connectivity index (χ1n) is 15.0. The molecule has 0 spiro atoms. The Morgan fingerprint density at radius 2 is 1.76 bits per heavy atom. The topological polar surface area (TPSA) is 87.2 Å². The van der Waals surface area contributed by atoms with Gasteiger partial charge in [0.05, 0.1) is 25.0 Å². The van der Waals surface area contributed by atoms with E-state index >= 15 is 0 Å². The van der Waals surface area contributed by atoms with Gasteiger partial charge in [-0.2, -0.15) is 4.31 Å². The third-order valence-electron chi connectivity index (χ3n) is 12.6. The van der Waals surface area contributed by atoms with Crippen LogP contribution in [0.3, 0.4) is 0 Å². The lowest BCUT2D eigenvalue weighted by molar-refractivity contribution is -0.138. The van der Waals surface area contributed by atoms with Gasteiger partial charge in [-0.15, -0.1) is 0 Å². The van der Waals surface area contributed by atoms with Crippen molar-refractivity contribution in [3.63, 3.8) is 0 Å². The Morgan fingerprint density at radius 1 is 1.00 bits per heavy atom. The van der Waals surface area contributed by atoms with Crippen LogP contribution in [0.15, 0.2) is 0 Å². The third kappa shape index (κ3) is 4.10. The fraction of sp³-hybridized carbons (Fsp3) is 0.966. The van der Waals surface area contributed by atoms with Crippen LogP contribution in [-0.2, 0) is 19.6 Å². The molecule has 1 heterocycles. The van der Waals surface area contributed by atoms with E-state index in [1.807, 2.05) is 6.92 Å². The van der Waals surface area contributed by atoms with Crippen molar-refractivity contribution in [3.8, 4) is 0 Å². The molecule has 8 atom stereocenters. The summed E-state index contributed by atoms with van der Waals surface area (Å²) in [6.45, 7) is 8.36. The van der Waals surface area contributed by atoms with Gasteiger partial charge >= 0.3 is 0 Å². The van der Waals surface area contributed by atoms with Crippen LogP contribution in [0.4, 0.5) is 0 Å². The van der Waals surface area contributed by atoms with E-state index in [1.54, 1.807) is 0 Å². The Bertz CT molecular complexity index is 1030. The summed E-state index contributed by atoms with van der Waals surface area (Å²) >= 11 is 0. The second kappa shape index (κ2) is 8.98. The Hall–Kier alpha value is -0.540. The van der Waals surface area contributed by atoms with E-state index in [4.69, 9.17) is 4.74 Å². The standard InChI is InChI=1S/C29H48N2O5S/c1-4-36-20-27(33)9-8-22-21(17-27)7-10-29-19-28(22,29)12-11-26(2)23(5-6-25(26)29)24(32)18-30-13-15-31(16-14-30)37(3,34)35/h21-23,25,33H,4-20H2,1-3H3. The van der Waals surface area contributed by atoms with E-state index in [-0.39, 0.29) is 11.3 Å². The number of sulfonamides is 1. The molecule has 5 saturated carbocycles. The van der Waals surface area contributed by atoms with Crippen LogP contribution in [0.1, 0.15) is 78.1 Å². The number of hydrogen-bond acceptors (Lipinski definition) is 6. The molecule has 1 N–H and O–H groups in total. The lowest BCUT2D eigenvalue weighted by Gasteiger charge is -2.56. The average molecular weight is 537 g/mol. The highest BCUT2D eigenvalue weighted by molar-refractivity contribution is 7.88. The SMILES string of the molecule is CCOCC1(O)CCC2C(CCC34CC23CCC2(C)C(C(=O)CN3CCN(S(C)(=O)=O)CC3)CCC24)C1. The van der Waals surface area contributed by atoms with Gasteiger partial charge in [0.25, 0.3) is 0 Å². The first-order valence-corrected chi connectivity index (χ1v) is 16.8. The maximum atomic E-state index is 13.7. The molecule has 5 aliphatic carbocycles. The molecule has 0 aromatic heterocycles. The highest BCUT2D eigenvalue weighted by Gasteiger charge is 2.80. The maximum Gasteiger partial charge on any atom is 0.211 e. The Balaban J connectivity index is 1.12. The van der Waals surface area contributed by atoms with Crippen LogP contribution >= 0.6 is 0 Å². The maximum absolute atomic E-state index is 13.7. The molecule has 0 aromatic rings. The number of carbonyl (C=O) groups is 1. The van der Waals surface area contributed by atoms with E-state index in [0.717, 1.165) is 31.6 Å². The van der Waals surface area contributed by atoms with Gasteiger partial charge in [0, 0.05) is 38.7 Å². The molecule has 8 unspecified atom stereocenters. The second-order valence-corrected chi connectivity index (χ2v) is 16.1. The molecule has 6 rings (SSSR count). The first-order chi connectivity index (χ1) is 17.5. The molecule has 0 amide bonds. The molecule has 6 aliphatic rings. The van der Waals surface area contributed by atoms with E-state index < -0.39 is 15.6 Å². The van der Waals surface area contributed by atoms with Crippen molar-refractivity contribution >= 4 is 15.8 Å². The van der Waals surface area contributed by atoms with Crippen molar-refractivity contribution in [1.82, 2.24) is 9.21 Å². The minimum atomic E-state index is -3.15. The van der Waals surface area contributed by atoms with E-state index in [2.05, 4.69) is 11.8 Å². The van der Waals surface area contributed by atoms with E-state index in [9.17, 15) is 18.3 Å². The van der Waals surface area contributed by atoms with Gasteiger partial charge in [-0.3, -0.25) is 9.69 Å². The predicted octanol–water partition coefficient (Wildman–Crippen LogP) is 3.31. The summed E-state index contributed by atoms with van der Waals surface area (Å²) in [4.78, 5) is 15.9. The van der Waals surface area contributed by atoms with Crippen molar-refractivity contribution in [2.75, 3.05) is 52.2 Å². The third-order valence-corrected chi connectivity index (χ3v) is 13.9. The van der Waals surface area contributed by atoms with Crippen LogP contribution in [0.2, 0.25) is 0 Å². The molecule has 0 aromatic carbocycles. The van der Waals surface area contributed by atoms with Gasteiger partial charge in [-0.25, -0.2) is 8.42 Å². The number of ketones is 1. The Morgan fingerprint density at radius 3 is 2.46 bits per heavy atom. The summed E-state index contributed by atoms with van der Waals surface area (Å²) < 4.78 is 30.9. The van der Waals surface area contributed by atoms with Gasteiger partial charge in [0.2, 0.25) is 10.0 Å². The number of aliphatic hydroxyl groups is 1. The molecule has 0 bridgehead atoms. The summed E-state index contributed by atoms with van der Waals surface area (Å²) in [5.74, 6) is 2.58. The monoisotopic (exact) mass is 536 g/mol. The van der Waals surface area contributed by atoms with Crippen molar-refractivity contribution in [3.05, 3.63) is 0 Å². The molecular formula is C29H48N2O5S. The zero-order valence-corrected chi connectivity index (χ0v) is 24.0. The average Bonchev–Trinajstić information content (AvgIpc) is 3.42. The summed E-state index contributed by atoms with van der Waals surface area (Å²) in [6.07, 6.45) is 12.7. The van der Waals surface area contributed by atoms with Crippen molar-refractivity contribution in [1.29, 1.82) is 0 Å². The van der Waals surface area contributed by atoms with Crippen molar-refractivity contribution in [2.24, 2.45) is 39.9 Å². The smallest absolute Gasteiger partial charge is 0.211 e. The van der Waals surface area contributed by atoms with Crippen LogP contribution in [0.25, 0.3) is 0 Å². The van der Waals surface area contributed by atoms with Gasteiger partial charge in [-0.05, 0) is 105 Å². The van der Waals surface area contributed by atoms with Crippen LogP contribution in [0, 0.1) is 39.9 Å². The molecule has 37 heavy (non-hydrogen) atoms. The second-order valence-electron chi connectivity index (χ2n) is 14.1. The lowest BCUT2D eigenvalue weighted by atomic mass is 9.49. The number of ether oxygens (including phenoxy) is 1. The van der Waals surface area contributed by atoms with Gasteiger partial charge in [0.15, 0.2) is 0 Å². The van der Waals surface area contributed by atoms with Crippen molar-refractivity contribution < 1.29 is 23.1 Å². The molecule has 1 aliphatic heterocycles. The van der Waals surface area contributed by atoms with Crippen molar-refractivity contribution in [2.45, 2.75) is 83.7 Å². The molecule has 210 valence electrons. The first kappa shape index (κ1) is 26.7. The zero-order valence-electron chi connectivity index (χ0n) is 23.2. The highest BCUT2D eigenvalue weighted by atomic mass is 32.2. The predicted molar refractivity (Wildman–Crippen MR) is 142 cm³/mol. The molecular weight excluding hydrogens is 488 g/mol. The molecule has 7 nitrogen and oxygen atoms in total. The summed E-state index contributed by atoms with van der Waals surface area (Å²) in [5, 5.41) is 11.2. The summed E-state index contributed by atoms with van der Waals surface area (Å²) in [5.41, 5.74) is 0.381. The normalized spacial score (nSPS) is 48.0. The Kier molecular flexibility index (Phi) is 6.48. The number of rotatable bonds is 7. The molecule has 6 fully saturated rings. The van der Waals surface area contributed by atoms with Crippen LogP contribution in [-0.4, -0.2) is 86.3 Å². The number of nitrogens with zero attached hydrogens (tertiary/aromatic N) is 2. The van der Waals surface area contributed by atoms with E-state index in [1.165, 1.54) is 49.1 Å². The number of Topliss-reactive ketones (excluding diaryl/α,β-unsaturated/α-hetero) is 1. The number of hydrogen-bond donors (Lipinski definition) is 1. The molecule has 8 heteroatoms. The Labute approximate surface area is 223 Å². The van der Waals surface area contributed by atoms with Gasteiger partial charge in [0.1, 0.15) is 5.78 Å². The minimum absolute atomic E-state index is 0.114. The largest absolute Gasteiger partial charge is 0.387 e. The fourth-order valence-electron chi connectivity index (χ4n) is 10.9. The number of fused-ring (bicyclic) bond motifs is 2. The number of carbonyl (C=O) groups excluding carboxylic acids is 1.